The number of hydrogen-bond donors (Lipinski definition) is 2. The molecule has 0 amide bonds. The molecule has 0 unspecified atom stereocenters. The average molecular weight is 506 g/mol. The zero-order valence-electron chi connectivity index (χ0n) is 16.3. The van der Waals surface area contributed by atoms with Crippen molar-refractivity contribution in [3.8, 4) is 0 Å². The predicted octanol–water partition coefficient (Wildman–Crippen LogP) is 3.87. The summed E-state index contributed by atoms with van der Waals surface area (Å²) in [6.45, 7) is 4.88. The monoisotopic (exact) mass is 506 g/mol. The van der Waals surface area contributed by atoms with Crippen molar-refractivity contribution in [1.29, 1.82) is 0 Å². The summed E-state index contributed by atoms with van der Waals surface area (Å²) >= 11 is 0. The Morgan fingerprint density at radius 2 is 1.96 bits per heavy atom. The maximum Gasteiger partial charge on any atom is 0.319 e. The van der Waals surface area contributed by atoms with Gasteiger partial charge in [-0.15, -0.1) is 24.0 Å². The molecule has 0 bridgehead atoms. The summed E-state index contributed by atoms with van der Waals surface area (Å²) in [7, 11) is 0. The van der Waals surface area contributed by atoms with Gasteiger partial charge in [0.25, 0.3) is 0 Å². The number of rotatable bonds is 10. The highest BCUT2D eigenvalue weighted by Gasteiger charge is 2.11. The van der Waals surface area contributed by atoms with Gasteiger partial charge < -0.3 is 15.5 Å². The molecule has 2 rings (SSSR count). The van der Waals surface area contributed by atoms with Crippen LogP contribution in [0.2, 0.25) is 0 Å². The molecular formula is C19H29F2IN6. The number of imidazole rings is 1. The number of guanidine groups is 1. The summed E-state index contributed by atoms with van der Waals surface area (Å²) in [5.74, 6) is 0.840. The van der Waals surface area contributed by atoms with Crippen molar-refractivity contribution in [3.63, 3.8) is 0 Å². The van der Waals surface area contributed by atoms with Crippen LogP contribution in [0.4, 0.5) is 14.5 Å². The van der Waals surface area contributed by atoms with Crippen LogP contribution >= 0.6 is 24.0 Å². The average Bonchev–Trinajstić information content (AvgIpc) is 3.15. The van der Waals surface area contributed by atoms with Gasteiger partial charge in [-0.25, -0.2) is 9.98 Å². The maximum atomic E-state index is 12.9. The summed E-state index contributed by atoms with van der Waals surface area (Å²) in [6.07, 6.45) is 3.55. The zero-order valence-corrected chi connectivity index (χ0v) is 18.6. The highest BCUT2D eigenvalue weighted by atomic mass is 127. The molecule has 1 aromatic heterocycles. The van der Waals surface area contributed by atoms with Gasteiger partial charge in [-0.3, -0.25) is 4.57 Å². The predicted molar refractivity (Wildman–Crippen MR) is 121 cm³/mol. The molecule has 156 valence electrons. The molecule has 1 heterocycles. The lowest BCUT2D eigenvalue weighted by Gasteiger charge is -2.23. The second kappa shape index (κ2) is 13.3. The van der Waals surface area contributed by atoms with Crippen LogP contribution in [0, 0.1) is 0 Å². The van der Waals surface area contributed by atoms with E-state index < -0.39 is 6.55 Å². The van der Waals surface area contributed by atoms with Crippen molar-refractivity contribution in [2.45, 2.75) is 33.4 Å². The van der Waals surface area contributed by atoms with Gasteiger partial charge >= 0.3 is 6.55 Å². The van der Waals surface area contributed by atoms with E-state index in [1.165, 1.54) is 18.1 Å². The van der Waals surface area contributed by atoms with Crippen molar-refractivity contribution in [2.24, 2.45) is 4.99 Å². The highest BCUT2D eigenvalue weighted by molar-refractivity contribution is 14.0. The molecule has 28 heavy (non-hydrogen) atoms. The summed E-state index contributed by atoms with van der Waals surface area (Å²) in [5.41, 5.74) is 1.21. The van der Waals surface area contributed by atoms with Gasteiger partial charge in [-0.2, -0.15) is 8.78 Å². The summed E-state index contributed by atoms with van der Waals surface area (Å²) < 4.78 is 26.6. The van der Waals surface area contributed by atoms with E-state index in [2.05, 4.69) is 44.6 Å². The summed E-state index contributed by atoms with van der Waals surface area (Å²) in [6, 6.07) is 10.3. The van der Waals surface area contributed by atoms with Crippen LogP contribution in [0.3, 0.4) is 0 Å². The van der Waals surface area contributed by atoms with Gasteiger partial charge in [-0.1, -0.05) is 18.2 Å². The SMILES string of the molecule is CCNC(=NCc1nccn1C(F)F)NCCCN(CC)c1ccccc1.I. The minimum Gasteiger partial charge on any atom is -0.372 e. The molecule has 9 heteroatoms. The fourth-order valence-electron chi connectivity index (χ4n) is 2.72. The van der Waals surface area contributed by atoms with Crippen molar-refractivity contribution in [2.75, 3.05) is 31.1 Å². The lowest BCUT2D eigenvalue weighted by atomic mass is 10.2. The number of halogens is 3. The Morgan fingerprint density at radius 3 is 2.61 bits per heavy atom. The first kappa shape index (κ1) is 24.1. The number of hydrogen-bond acceptors (Lipinski definition) is 3. The topological polar surface area (TPSA) is 57.5 Å². The van der Waals surface area contributed by atoms with Gasteiger partial charge in [0.1, 0.15) is 12.4 Å². The molecule has 2 aromatic rings. The molecule has 1 aromatic carbocycles. The van der Waals surface area contributed by atoms with E-state index in [9.17, 15) is 8.78 Å². The fraction of sp³-hybridized carbons (Fsp3) is 0.474. The first-order valence-corrected chi connectivity index (χ1v) is 9.27. The first-order chi connectivity index (χ1) is 13.2. The molecule has 0 spiro atoms. The van der Waals surface area contributed by atoms with Crippen LogP contribution in [0.1, 0.15) is 32.6 Å². The third-order valence-electron chi connectivity index (χ3n) is 4.08. The number of anilines is 1. The Bertz CT molecular complexity index is 693. The van der Waals surface area contributed by atoms with Gasteiger partial charge in [0.15, 0.2) is 5.96 Å². The van der Waals surface area contributed by atoms with E-state index in [1.54, 1.807) is 0 Å². The van der Waals surface area contributed by atoms with Crippen LogP contribution < -0.4 is 15.5 Å². The molecule has 2 N–H and O–H groups in total. The third-order valence-corrected chi connectivity index (χ3v) is 4.08. The summed E-state index contributed by atoms with van der Waals surface area (Å²) in [5, 5.41) is 6.38. The van der Waals surface area contributed by atoms with E-state index >= 15 is 0 Å². The lowest BCUT2D eigenvalue weighted by molar-refractivity contribution is 0.0671. The Morgan fingerprint density at radius 1 is 1.21 bits per heavy atom. The number of aromatic nitrogens is 2. The van der Waals surface area contributed by atoms with Crippen LogP contribution in [-0.2, 0) is 6.54 Å². The van der Waals surface area contributed by atoms with E-state index in [-0.39, 0.29) is 36.3 Å². The molecule has 0 fully saturated rings. The smallest absolute Gasteiger partial charge is 0.319 e. The lowest BCUT2D eigenvalue weighted by Crippen LogP contribution is -2.39. The molecular weight excluding hydrogens is 477 g/mol. The first-order valence-electron chi connectivity index (χ1n) is 9.27. The minimum absolute atomic E-state index is 0. The van der Waals surface area contributed by atoms with Crippen LogP contribution in [0.5, 0.6) is 0 Å². The molecule has 0 saturated heterocycles. The quantitative estimate of drug-likeness (QED) is 0.223. The van der Waals surface area contributed by atoms with E-state index in [4.69, 9.17) is 0 Å². The van der Waals surface area contributed by atoms with Gasteiger partial charge in [-0.05, 0) is 32.4 Å². The number of nitrogens with one attached hydrogen (secondary N) is 2. The minimum atomic E-state index is -2.61. The molecule has 0 aliphatic heterocycles. The van der Waals surface area contributed by atoms with Crippen molar-refractivity contribution in [3.05, 3.63) is 48.5 Å². The molecule has 0 aliphatic rings. The Hall–Kier alpha value is -1.91. The van der Waals surface area contributed by atoms with Crippen molar-refractivity contribution in [1.82, 2.24) is 20.2 Å². The summed E-state index contributed by atoms with van der Waals surface area (Å²) in [4.78, 5) is 10.6. The van der Waals surface area contributed by atoms with Crippen LogP contribution in [0.25, 0.3) is 0 Å². The molecule has 0 atom stereocenters. The molecule has 0 aliphatic carbocycles. The third kappa shape index (κ3) is 7.61. The molecule has 0 saturated carbocycles. The molecule has 6 nitrogen and oxygen atoms in total. The second-order valence-corrected chi connectivity index (χ2v) is 5.92. The van der Waals surface area contributed by atoms with Crippen LogP contribution in [-0.4, -0.2) is 41.7 Å². The zero-order chi connectivity index (χ0) is 19.5. The van der Waals surface area contributed by atoms with Gasteiger partial charge in [0.2, 0.25) is 0 Å². The van der Waals surface area contributed by atoms with Gasteiger partial charge in [0.05, 0.1) is 0 Å². The van der Waals surface area contributed by atoms with Crippen LogP contribution in [0.15, 0.2) is 47.7 Å². The Balaban J connectivity index is 0.00000392. The maximum absolute atomic E-state index is 12.9. The normalized spacial score (nSPS) is 11.2. The Kier molecular flexibility index (Phi) is 11.5. The Labute approximate surface area is 182 Å². The van der Waals surface area contributed by atoms with Crippen molar-refractivity contribution >= 4 is 35.6 Å². The number of aliphatic imine (C=N–C) groups is 1. The largest absolute Gasteiger partial charge is 0.372 e. The molecule has 0 radical (unpaired) electrons. The highest BCUT2D eigenvalue weighted by Crippen LogP contribution is 2.13. The number of alkyl halides is 2. The number of para-hydroxylation sites is 1. The van der Waals surface area contributed by atoms with E-state index in [0.717, 1.165) is 30.6 Å². The van der Waals surface area contributed by atoms with E-state index in [1.807, 2.05) is 25.1 Å². The number of benzene rings is 1. The number of nitrogens with zero attached hydrogens (tertiary/aromatic N) is 4. The van der Waals surface area contributed by atoms with Crippen molar-refractivity contribution < 1.29 is 8.78 Å². The van der Waals surface area contributed by atoms with E-state index in [0.29, 0.717) is 12.5 Å². The fourth-order valence-corrected chi connectivity index (χ4v) is 2.72. The standard InChI is InChI=1S/C19H28F2N6.HI/c1-3-22-19(25-15-17-23-12-14-27(17)18(20)21)24-11-8-13-26(4-2)16-9-6-5-7-10-16;/h5-7,9-10,12,14,18H,3-4,8,11,13,15H2,1-2H3,(H2,22,24,25);1H. The second-order valence-electron chi connectivity index (χ2n) is 5.92. The van der Waals surface area contributed by atoms with Gasteiger partial charge in [0, 0.05) is 44.3 Å².